The van der Waals surface area contributed by atoms with Crippen LogP contribution in [0.3, 0.4) is 0 Å². The smallest absolute Gasteiger partial charge is 0.227 e. The van der Waals surface area contributed by atoms with Gasteiger partial charge >= 0.3 is 0 Å². The van der Waals surface area contributed by atoms with E-state index < -0.39 is 0 Å². The monoisotopic (exact) mass is 634 g/mol. The molecule has 9 aromatic rings. The molecule has 228 valence electrons. The minimum absolute atomic E-state index is 0.107. The molecule has 0 saturated carbocycles. The second-order valence-electron chi connectivity index (χ2n) is 13.2. The fraction of sp³-hybridized carbons (Fsp3) is 0.0682. The van der Waals surface area contributed by atoms with E-state index in [-0.39, 0.29) is 5.41 Å². The largest absolute Gasteiger partial charge is 0.435 e. The topological polar surface area (TPSA) is 29.3 Å². The number of thiophene rings is 1. The molecule has 3 nitrogen and oxygen atoms in total. The van der Waals surface area contributed by atoms with E-state index in [1.807, 2.05) is 41.7 Å². The van der Waals surface area contributed by atoms with Crippen LogP contribution < -0.4 is 4.90 Å². The van der Waals surface area contributed by atoms with Crippen LogP contribution in [0.4, 0.5) is 17.1 Å². The Kier molecular flexibility index (Phi) is 5.79. The van der Waals surface area contributed by atoms with Gasteiger partial charge in [0.15, 0.2) is 5.58 Å². The molecule has 48 heavy (non-hydrogen) atoms. The fourth-order valence-electron chi connectivity index (χ4n) is 7.67. The highest BCUT2D eigenvalue weighted by atomic mass is 32.1. The molecule has 4 heteroatoms. The zero-order valence-corrected chi connectivity index (χ0v) is 27.4. The molecule has 0 saturated heterocycles. The Morgan fingerprint density at radius 2 is 1.23 bits per heavy atom. The Hall–Kier alpha value is -5.71. The van der Waals surface area contributed by atoms with Gasteiger partial charge in [-0.1, -0.05) is 92.7 Å². The maximum atomic E-state index is 6.50. The van der Waals surface area contributed by atoms with Crippen molar-refractivity contribution in [3.05, 3.63) is 157 Å². The second-order valence-corrected chi connectivity index (χ2v) is 14.3. The molecule has 10 rings (SSSR count). The summed E-state index contributed by atoms with van der Waals surface area (Å²) in [6.07, 6.45) is 0. The molecule has 2 aromatic heterocycles. The van der Waals surface area contributed by atoms with Gasteiger partial charge in [0, 0.05) is 53.6 Å². The molecule has 0 fully saturated rings. The summed E-state index contributed by atoms with van der Waals surface area (Å²) in [5, 5.41) is 4.73. The van der Waals surface area contributed by atoms with Crippen molar-refractivity contribution in [3.8, 4) is 22.6 Å². The van der Waals surface area contributed by atoms with E-state index in [1.54, 1.807) is 0 Å². The van der Waals surface area contributed by atoms with Crippen molar-refractivity contribution in [2.45, 2.75) is 19.3 Å². The lowest BCUT2D eigenvalue weighted by Gasteiger charge is -2.28. The van der Waals surface area contributed by atoms with Gasteiger partial charge in [-0.25, -0.2) is 4.98 Å². The van der Waals surface area contributed by atoms with Crippen LogP contribution in [0.1, 0.15) is 25.0 Å². The van der Waals surface area contributed by atoms with Crippen molar-refractivity contribution in [3.63, 3.8) is 0 Å². The molecule has 2 heterocycles. The zero-order valence-electron chi connectivity index (χ0n) is 26.6. The summed E-state index contributed by atoms with van der Waals surface area (Å²) in [6.45, 7) is 4.69. The third-order valence-corrected chi connectivity index (χ3v) is 11.2. The predicted octanol–water partition coefficient (Wildman–Crippen LogP) is 12.8. The number of hydrogen-bond donors (Lipinski definition) is 0. The van der Waals surface area contributed by atoms with E-state index in [1.165, 1.54) is 42.4 Å². The van der Waals surface area contributed by atoms with Gasteiger partial charge in [0.25, 0.3) is 0 Å². The van der Waals surface area contributed by atoms with Crippen molar-refractivity contribution >= 4 is 70.4 Å². The number of aromatic nitrogens is 1. The minimum atomic E-state index is -0.107. The van der Waals surface area contributed by atoms with Crippen LogP contribution in [-0.2, 0) is 5.41 Å². The number of nitrogens with zero attached hydrogens (tertiary/aromatic N) is 2. The summed E-state index contributed by atoms with van der Waals surface area (Å²) in [5.74, 6) is 0.635. The molecule has 0 radical (unpaired) electrons. The molecule has 0 spiro atoms. The van der Waals surface area contributed by atoms with Gasteiger partial charge in [-0.15, -0.1) is 11.3 Å². The normalized spacial score (nSPS) is 13.4. The van der Waals surface area contributed by atoms with Gasteiger partial charge in [0.2, 0.25) is 5.89 Å². The molecular formula is C44H30N2OS. The quantitative estimate of drug-likeness (QED) is 0.193. The Bertz CT molecular complexity index is 2720. The number of hydrogen-bond acceptors (Lipinski definition) is 4. The van der Waals surface area contributed by atoms with E-state index in [9.17, 15) is 0 Å². The summed E-state index contributed by atoms with van der Waals surface area (Å²) in [6, 6.07) is 52.4. The van der Waals surface area contributed by atoms with Gasteiger partial charge in [-0.2, -0.15) is 0 Å². The average molecular weight is 635 g/mol. The van der Waals surface area contributed by atoms with Crippen LogP contribution in [0.15, 0.2) is 150 Å². The first kappa shape index (κ1) is 27.4. The Balaban J connectivity index is 1.20. The SMILES string of the molecule is CC1(C)c2ccccc2-c2ccc(N(c3ccc4sc5ccccc5c4c3)c3ccc4ccc5nc(-c6ccccc6)oc5c4c3)cc21. The first-order valence-electron chi connectivity index (χ1n) is 16.4. The zero-order chi connectivity index (χ0) is 32.0. The van der Waals surface area contributed by atoms with Crippen molar-refractivity contribution in [2.75, 3.05) is 4.90 Å². The maximum Gasteiger partial charge on any atom is 0.227 e. The highest BCUT2D eigenvalue weighted by Crippen LogP contribution is 2.51. The lowest BCUT2D eigenvalue weighted by molar-refractivity contribution is 0.623. The number of rotatable bonds is 4. The van der Waals surface area contributed by atoms with Gasteiger partial charge < -0.3 is 9.32 Å². The van der Waals surface area contributed by atoms with Crippen LogP contribution in [0.25, 0.3) is 64.6 Å². The van der Waals surface area contributed by atoms with E-state index in [2.05, 4.69) is 134 Å². The molecule has 0 unspecified atom stereocenters. The Labute approximate surface area is 282 Å². The highest BCUT2D eigenvalue weighted by Gasteiger charge is 2.35. The summed E-state index contributed by atoms with van der Waals surface area (Å²) in [7, 11) is 0. The number of oxazole rings is 1. The molecule has 0 atom stereocenters. The Morgan fingerprint density at radius 3 is 2.12 bits per heavy atom. The highest BCUT2D eigenvalue weighted by molar-refractivity contribution is 7.25. The van der Waals surface area contributed by atoms with Gasteiger partial charge in [-0.05, 0) is 94.4 Å². The molecule has 0 N–H and O–H groups in total. The van der Waals surface area contributed by atoms with E-state index in [0.29, 0.717) is 5.89 Å². The summed E-state index contributed by atoms with van der Waals surface area (Å²) in [4.78, 5) is 7.28. The first-order valence-corrected chi connectivity index (χ1v) is 17.2. The minimum Gasteiger partial charge on any atom is -0.435 e. The van der Waals surface area contributed by atoms with Crippen molar-refractivity contribution in [2.24, 2.45) is 0 Å². The van der Waals surface area contributed by atoms with E-state index in [4.69, 9.17) is 9.40 Å². The summed E-state index contributed by atoms with van der Waals surface area (Å²) in [5.41, 5.74) is 11.2. The standard InChI is InChI=1S/C44H30N2OS/c1-44(2)37-14-8-6-12-32(37)33-21-19-31(26-38(33)44)46(30-20-23-41-36(25-30)34-13-7-9-15-40(34)48-41)29-18-16-27-17-22-39-42(35(27)24-29)47-43(45-39)28-10-4-3-5-11-28/h3-26H,1-2H3. The van der Waals surface area contributed by atoms with Crippen LogP contribution in [-0.4, -0.2) is 4.98 Å². The number of fused-ring (bicyclic) bond motifs is 9. The van der Waals surface area contributed by atoms with E-state index >= 15 is 0 Å². The van der Waals surface area contributed by atoms with E-state index in [0.717, 1.165) is 44.5 Å². The first-order chi connectivity index (χ1) is 23.5. The van der Waals surface area contributed by atoms with Crippen molar-refractivity contribution in [1.29, 1.82) is 0 Å². The third-order valence-electron chi connectivity index (χ3n) is 10.1. The average Bonchev–Trinajstić information content (AvgIpc) is 3.80. The molecular weight excluding hydrogens is 605 g/mol. The Morgan fingerprint density at radius 1 is 0.562 bits per heavy atom. The summed E-state index contributed by atoms with van der Waals surface area (Å²) >= 11 is 1.85. The lowest BCUT2D eigenvalue weighted by atomic mass is 9.82. The molecule has 0 amide bonds. The second kappa shape index (κ2) is 10.1. The van der Waals surface area contributed by atoms with Gasteiger partial charge in [-0.3, -0.25) is 0 Å². The molecule has 1 aliphatic rings. The van der Waals surface area contributed by atoms with Crippen LogP contribution in [0, 0.1) is 0 Å². The van der Waals surface area contributed by atoms with Crippen LogP contribution >= 0.6 is 11.3 Å². The maximum absolute atomic E-state index is 6.50. The van der Waals surface area contributed by atoms with Crippen LogP contribution in [0.2, 0.25) is 0 Å². The van der Waals surface area contributed by atoms with Crippen LogP contribution in [0.5, 0.6) is 0 Å². The lowest BCUT2D eigenvalue weighted by Crippen LogP contribution is -2.16. The van der Waals surface area contributed by atoms with Crippen molar-refractivity contribution in [1.82, 2.24) is 4.98 Å². The number of anilines is 3. The number of benzene rings is 7. The predicted molar refractivity (Wildman–Crippen MR) is 202 cm³/mol. The van der Waals surface area contributed by atoms with Gasteiger partial charge in [0.1, 0.15) is 5.52 Å². The summed E-state index contributed by atoms with van der Waals surface area (Å²) < 4.78 is 9.10. The fourth-order valence-corrected chi connectivity index (χ4v) is 8.75. The molecule has 7 aromatic carbocycles. The molecule has 0 bridgehead atoms. The van der Waals surface area contributed by atoms with Gasteiger partial charge in [0.05, 0.1) is 0 Å². The third kappa shape index (κ3) is 4.03. The molecule has 1 aliphatic carbocycles. The molecule has 0 aliphatic heterocycles. The van der Waals surface area contributed by atoms with Crippen molar-refractivity contribution < 1.29 is 4.42 Å².